The molecule has 1 saturated heterocycles. The summed E-state index contributed by atoms with van der Waals surface area (Å²) in [6.45, 7) is 0. The van der Waals surface area contributed by atoms with Gasteiger partial charge in [0.25, 0.3) is 5.56 Å². The third kappa shape index (κ3) is 4.60. The highest BCUT2D eigenvalue weighted by Crippen LogP contribution is 2.27. The minimum Gasteiger partial charge on any atom is -0.387 e. The van der Waals surface area contributed by atoms with E-state index in [1.165, 1.54) is 22.4 Å². The number of nitrogens with zero attached hydrogens (tertiary/aromatic N) is 2. The number of aromatic nitrogens is 2. The minimum absolute atomic E-state index is 0.0585. The molecule has 1 amide bonds. The second-order valence-electron chi connectivity index (χ2n) is 8.92. The zero-order chi connectivity index (χ0) is 22.8. The fourth-order valence-corrected chi connectivity index (χ4v) is 5.00. The van der Waals surface area contributed by atoms with Gasteiger partial charge >= 0.3 is 0 Å². The molecule has 0 radical (unpaired) electrons. The van der Waals surface area contributed by atoms with Crippen molar-refractivity contribution in [3.05, 3.63) is 94.2 Å². The molecule has 2 aliphatic heterocycles. The maximum Gasteiger partial charge on any atom is 0.254 e. The van der Waals surface area contributed by atoms with Crippen LogP contribution in [0.15, 0.2) is 71.7 Å². The summed E-state index contributed by atoms with van der Waals surface area (Å²) in [6.07, 6.45) is 5.02. The molecule has 0 aliphatic carbocycles. The van der Waals surface area contributed by atoms with Crippen LogP contribution in [0.4, 0.5) is 5.69 Å². The van der Waals surface area contributed by atoms with Crippen molar-refractivity contribution in [2.75, 3.05) is 5.32 Å². The molecule has 0 unspecified atom stereocenters. The van der Waals surface area contributed by atoms with Crippen LogP contribution in [0.3, 0.4) is 0 Å². The van der Waals surface area contributed by atoms with Crippen molar-refractivity contribution in [1.82, 2.24) is 14.9 Å². The lowest BCUT2D eigenvalue weighted by Crippen LogP contribution is -2.35. The van der Waals surface area contributed by atoms with Gasteiger partial charge in [0.15, 0.2) is 0 Å². The molecule has 5 rings (SSSR count). The van der Waals surface area contributed by atoms with Crippen LogP contribution in [0.1, 0.15) is 48.4 Å². The van der Waals surface area contributed by atoms with E-state index in [0.717, 1.165) is 24.8 Å². The Labute approximate surface area is 192 Å². The molecule has 7 heteroatoms. The van der Waals surface area contributed by atoms with Crippen LogP contribution in [0.2, 0.25) is 0 Å². The van der Waals surface area contributed by atoms with Crippen LogP contribution in [0, 0.1) is 0 Å². The van der Waals surface area contributed by atoms with Crippen LogP contribution in [0.5, 0.6) is 0 Å². The van der Waals surface area contributed by atoms with E-state index in [-0.39, 0.29) is 17.5 Å². The van der Waals surface area contributed by atoms with Crippen molar-refractivity contribution >= 4 is 11.6 Å². The number of carbonyl (C=O) groups excluding carboxylic acids is 1. The number of rotatable bonds is 6. The van der Waals surface area contributed by atoms with Gasteiger partial charge in [0.05, 0.1) is 6.10 Å². The van der Waals surface area contributed by atoms with Crippen LogP contribution in [0.25, 0.3) is 0 Å². The summed E-state index contributed by atoms with van der Waals surface area (Å²) in [5, 5.41) is 17.2. The second-order valence-corrected chi connectivity index (χ2v) is 8.92. The highest BCUT2D eigenvalue weighted by Gasteiger charge is 2.31. The summed E-state index contributed by atoms with van der Waals surface area (Å²) in [6, 6.07) is 18.9. The Kier molecular flexibility index (Phi) is 6.07. The first kappa shape index (κ1) is 21.6. The highest BCUT2D eigenvalue weighted by molar-refractivity contribution is 5.94. The third-order valence-electron chi connectivity index (χ3n) is 6.71. The summed E-state index contributed by atoms with van der Waals surface area (Å²) in [7, 11) is 0. The SMILES string of the molecule is O=C(Nc1ccc(C[C@@H]2CC[C@H]([C@@H](O)c3ccccc3)N2)cc1)[C@H]1CCc2nccc(=O)n21. The maximum atomic E-state index is 12.8. The van der Waals surface area contributed by atoms with Crippen molar-refractivity contribution in [1.29, 1.82) is 0 Å². The van der Waals surface area contributed by atoms with Gasteiger partial charge in [-0.25, -0.2) is 4.98 Å². The molecule has 2 aliphatic rings. The van der Waals surface area contributed by atoms with Crippen molar-refractivity contribution in [3.8, 4) is 0 Å². The van der Waals surface area contributed by atoms with Crippen molar-refractivity contribution < 1.29 is 9.90 Å². The smallest absolute Gasteiger partial charge is 0.254 e. The first-order chi connectivity index (χ1) is 16.1. The van der Waals surface area contributed by atoms with Crippen molar-refractivity contribution in [2.45, 2.75) is 56.3 Å². The van der Waals surface area contributed by atoms with Gasteiger partial charge in [-0.3, -0.25) is 14.2 Å². The van der Waals surface area contributed by atoms with Crippen molar-refractivity contribution in [2.24, 2.45) is 0 Å². The molecule has 7 nitrogen and oxygen atoms in total. The van der Waals surface area contributed by atoms with Gasteiger partial charge in [-0.05, 0) is 48.9 Å². The number of benzene rings is 2. The normalized spacial score (nSPS) is 22.6. The Morgan fingerprint density at radius 1 is 1.09 bits per heavy atom. The number of fused-ring (bicyclic) bond motifs is 1. The zero-order valence-electron chi connectivity index (χ0n) is 18.4. The van der Waals surface area contributed by atoms with Gasteiger partial charge < -0.3 is 15.7 Å². The maximum absolute atomic E-state index is 12.8. The highest BCUT2D eigenvalue weighted by atomic mass is 16.3. The molecule has 0 saturated carbocycles. The van der Waals surface area contributed by atoms with Crippen molar-refractivity contribution in [3.63, 3.8) is 0 Å². The number of hydrogen-bond acceptors (Lipinski definition) is 5. The van der Waals surface area contributed by atoms with E-state index >= 15 is 0 Å². The predicted molar refractivity (Wildman–Crippen MR) is 126 cm³/mol. The number of amides is 1. The number of aliphatic hydroxyl groups is 1. The van der Waals surface area contributed by atoms with Gasteiger partial charge in [0.2, 0.25) is 5.91 Å². The Bertz CT molecular complexity index is 1180. The van der Waals surface area contributed by atoms with E-state index in [1.807, 2.05) is 54.6 Å². The summed E-state index contributed by atoms with van der Waals surface area (Å²) in [5.41, 5.74) is 2.64. The van der Waals surface area contributed by atoms with Crippen LogP contribution >= 0.6 is 0 Å². The van der Waals surface area contributed by atoms with Gasteiger partial charge in [-0.1, -0.05) is 42.5 Å². The molecule has 2 aromatic carbocycles. The lowest BCUT2D eigenvalue weighted by molar-refractivity contribution is -0.119. The van der Waals surface area contributed by atoms with E-state index in [2.05, 4.69) is 15.6 Å². The van der Waals surface area contributed by atoms with Gasteiger partial charge in [0.1, 0.15) is 11.9 Å². The fourth-order valence-electron chi connectivity index (χ4n) is 5.00. The molecule has 3 heterocycles. The molecule has 33 heavy (non-hydrogen) atoms. The molecule has 1 fully saturated rings. The lowest BCUT2D eigenvalue weighted by atomic mass is 10.0. The molecule has 170 valence electrons. The molecular formula is C26H28N4O3. The topological polar surface area (TPSA) is 96.2 Å². The van der Waals surface area contributed by atoms with E-state index in [0.29, 0.717) is 30.4 Å². The Morgan fingerprint density at radius 2 is 1.88 bits per heavy atom. The van der Waals surface area contributed by atoms with E-state index in [9.17, 15) is 14.7 Å². The predicted octanol–water partition coefficient (Wildman–Crippen LogP) is 2.77. The molecule has 3 N–H and O–H groups in total. The molecule has 1 aromatic heterocycles. The molecule has 0 spiro atoms. The first-order valence-electron chi connectivity index (χ1n) is 11.5. The average Bonchev–Trinajstić information content (AvgIpc) is 3.49. The van der Waals surface area contributed by atoms with Crippen LogP contribution in [-0.2, 0) is 17.6 Å². The second kappa shape index (κ2) is 9.29. The molecule has 3 aromatic rings. The number of aryl methyl sites for hydroxylation is 1. The standard InChI is InChI=1S/C26H28N4O3/c31-24-14-15-27-23-13-12-22(30(23)24)26(33)29-19-8-6-17(7-9-19)16-20-10-11-21(28-20)25(32)18-4-2-1-3-5-18/h1-9,14-15,20-22,25,28,32H,10-13,16H2,(H,29,33)/t20-,21+,22+,25-/m0/s1. The van der Waals surface area contributed by atoms with Gasteiger partial charge in [0, 0.05) is 36.5 Å². The van der Waals surface area contributed by atoms with Crippen LogP contribution < -0.4 is 16.2 Å². The van der Waals surface area contributed by atoms with Gasteiger partial charge in [-0.15, -0.1) is 0 Å². The lowest BCUT2D eigenvalue weighted by Gasteiger charge is -2.20. The van der Waals surface area contributed by atoms with E-state index in [4.69, 9.17) is 0 Å². The minimum atomic E-state index is -0.517. The average molecular weight is 445 g/mol. The van der Waals surface area contributed by atoms with E-state index < -0.39 is 12.1 Å². The quantitative estimate of drug-likeness (QED) is 0.543. The number of aliphatic hydroxyl groups excluding tert-OH is 1. The third-order valence-corrected chi connectivity index (χ3v) is 6.71. The number of hydrogen-bond donors (Lipinski definition) is 3. The number of carbonyl (C=O) groups is 1. The molecular weight excluding hydrogens is 416 g/mol. The fraction of sp³-hybridized carbons (Fsp3) is 0.346. The Morgan fingerprint density at radius 3 is 2.67 bits per heavy atom. The summed E-state index contributed by atoms with van der Waals surface area (Å²) < 4.78 is 1.50. The van der Waals surface area contributed by atoms with Gasteiger partial charge in [-0.2, -0.15) is 0 Å². The summed E-state index contributed by atoms with van der Waals surface area (Å²) in [4.78, 5) is 29.1. The largest absolute Gasteiger partial charge is 0.387 e. The molecule has 4 atom stereocenters. The Balaban J connectivity index is 1.17. The van der Waals surface area contributed by atoms with E-state index in [1.54, 1.807) is 0 Å². The summed E-state index contributed by atoms with van der Waals surface area (Å²) >= 11 is 0. The monoisotopic (exact) mass is 444 g/mol. The van der Waals surface area contributed by atoms with Crippen LogP contribution in [-0.4, -0.2) is 32.6 Å². The number of nitrogens with one attached hydrogen (secondary N) is 2. The Hall–Kier alpha value is -3.29. The summed E-state index contributed by atoms with van der Waals surface area (Å²) in [5.74, 6) is 0.476. The first-order valence-corrected chi connectivity index (χ1v) is 11.5. The zero-order valence-corrected chi connectivity index (χ0v) is 18.4. The molecule has 0 bridgehead atoms. The number of anilines is 1.